The number of alkyl halides is 2. The van der Waals surface area contributed by atoms with Gasteiger partial charge < -0.3 is 10.2 Å². The first-order valence-electron chi connectivity index (χ1n) is 6.38. The lowest BCUT2D eigenvalue weighted by molar-refractivity contribution is -0.125. The molecule has 1 saturated heterocycles. The predicted octanol–water partition coefficient (Wildman–Crippen LogP) is 1.68. The van der Waals surface area contributed by atoms with E-state index in [1.165, 1.54) is 0 Å². The number of hydrogen-bond donors (Lipinski definition) is 1. The molecule has 2 rings (SSSR count). The van der Waals surface area contributed by atoms with Crippen LogP contribution in [0.1, 0.15) is 12.8 Å². The maximum absolute atomic E-state index is 12.1. The summed E-state index contributed by atoms with van der Waals surface area (Å²) < 4.78 is 24.1. The van der Waals surface area contributed by atoms with Gasteiger partial charge >= 0.3 is 0 Å². The Labute approximate surface area is 110 Å². The summed E-state index contributed by atoms with van der Waals surface area (Å²) in [6, 6.07) is 5.61. The van der Waals surface area contributed by atoms with Crippen LogP contribution in [0, 0.1) is 5.92 Å². The average molecular weight is 269 g/mol. The van der Waals surface area contributed by atoms with Gasteiger partial charge in [0.1, 0.15) is 5.82 Å². The van der Waals surface area contributed by atoms with Crippen molar-refractivity contribution in [3.05, 3.63) is 24.4 Å². The first-order valence-corrected chi connectivity index (χ1v) is 6.38. The number of hydrogen-bond acceptors (Lipinski definition) is 3. The SMILES string of the molecule is O=C(NCC(F)F)C1CCCN(c2ccccn2)C1. The van der Waals surface area contributed by atoms with Crippen LogP contribution in [0.4, 0.5) is 14.6 Å². The van der Waals surface area contributed by atoms with E-state index in [2.05, 4.69) is 10.3 Å². The van der Waals surface area contributed by atoms with Gasteiger partial charge in [-0.3, -0.25) is 4.79 Å². The first-order chi connectivity index (χ1) is 9.16. The van der Waals surface area contributed by atoms with Gasteiger partial charge in [-0.2, -0.15) is 0 Å². The first kappa shape index (κ1) is 13.7. The number of halogens is 2. The lowest BCUT2D eigenvalue weighted by Crippen LogP contribution is -2.44. The molecule has 1 aliphatic heterocycles. The van der Waals surface area contributed by atoms with Gasteiger partial charge in [-0.15, -0.1) is 0 Å². The Bertz CT molecular complexity index is 414. The van der Waals surface area contributed by atoms with Crippen LogP contribution >= 0.6 is 0 Å². The van der Waals surface area contributed by atoms with Crippen LogP contribution in [0.5, 0.6) is 0 Å². The average Bonchev–Trinajstić information content (AvgIpc) is 2.46. The summed E-state index contributed by atoms with van der Waals surface area (Å²) in [7, 11) is 0. The van der Waals surface area contributed by atoms with E-state index in [0.29, 0.717) is 6.54 Å². The summed E-state index contributed by atoms with van der Waals surface area (Å²) in [6.45, 7) is 0.806. The van der Waals surface area contributed by atoms with E-state index in [1.807, 2.05) is 23.1 Å². The Kier molecular flexibility index (Phi) is 4.65. The third kappa shape index (κ3) is 3.87. The second kappa shape index (κ2) is 6.45. The van der Waals surface area contributed by atoms with Crippen molar-refractivity contribution in [2.24, 2.45) is 5.92 Å². The zero-order valence-electron chi connectivity index (χ0n) is 10.6. The smallest absolute Gasteiger partial charge is 0.255 e. The summed E-state index contributed by atoms with van der Waals surface area (Å²) in [5.41, 5.74) is 0. The minimum absolute atomic E-state index is 0.241. The molecule has 0 saturated carbocycles. The van der Waals surface area contributed by atoms with Gasteiger partial charge in [0.2, 0.25) is 5.91 Å². The van der Waals surface area contributed by atoms with Gasteiger partial charge in [-0.1, -0.05) is 6.07 Å². The molecule has 0 radical (unpaired) electrons. The summed E-state index contributed by atoms with van der Waals surface area (Å²) in [5.74, 6) is 0.296. The van der Waals surface area contributed by atoms with Crippen molar-refractivity contribution >= 4 is 11.7 Å². The Morgan fingerprint density at radius 2 is 2.37 bits per heavy atom. The summed E-state index contributed by atoms with van der Waals surface area (Å²) in [6.07, 6.45) is 0.803. The Balaban J connectivity index is 1.92. The minimum Gasteiger partial charge on any atom is -0.356 e. The molecular weight excluding hydrogens is 252 g/mol. The van der Waals surface area contributed by atoms with Gasteiger partial charge in [0.15, 0.2) is 0 Å². The van der Waals surface area contributed by atoms with E-state index in [1.54, 1.807) is 6.20 Å². The number of amides is 1. The van der Waals surface area contributed by atoms with E-state index < -0.39 is 13.0 Å². The molecule has 0 bridgehead atoms. The Hall–Kier alpha value is -1.72. The number of nitrogens with zero attached hydrogens (tertiary/aromatic N) is 2. The molecule has 1 aliphatic rings. The molecule has 1 amide bonds. The van der Waals surface area contributed by atoms with Crippen molar-refractivity contribution in [3.8, 4) is 0 Å². The zero-order valence-corrected chi connectivity index (χ0v) is 10.6. The lowest BCUT2D eigenvalue weighted by Gasteiger charge is -2.32. The van der Waals surface area contributed by atoms with Crippen molar-refractivity contribution < 1.29 is 13.6 Å². The number of rotatable bonds is 4. The highest BCUT2D eigenvalue weighted by atomic mass is 19.3. The van der Waals surface area contributed by atoms with Crippen molar-refractivity contribution in [2.75, 3.05) is 24.5 Å². The van der Waals surface area contributed by atoms with Gasteiger partial charge in [-0.25, -0.2) is 13.8 Å². The molecule has 0 aliphatic carbocycles. The highest BCUT2D eigenvalue weighted by Gasteiger charge is 2.26. The quantitative estimate of drug-likeness (QED) is 0.904. The van der Waals surface area contributed by atoms with Crippen molar-refractivity contribution in [3.63, 3.8) is 0 Å². The lowest BCUT2D eigenvalue weighted by atomic mass is 9.97. The van der Waals surface area contributed by atoms with Gasteiger partial charge in [0, 0.05) is 19.3 Å². The van der Waals surface area contributed by atoms with Gasteiger partial charge in [0.05, 0.1) is 12.5 Å². The van der Waals surface area contributed by atoms with Crippen LogP contribution in [0.15, 0.2) is 24.4 Å². The highest BCUT2D eigenvalue weighted by molar-refractivity contribution is 5.79. The van der Waals surface area contributed by atoms with Crippen LogP contribution in [0.25, 0.3) is 0 Å². The molecule has 0 aromatic carbocycles. The molecule has 19 heavy (non-hydrogen) atoms. The van der Waals surface area contributed by atoms with E-state index in [9.17, 15) is 13.6 Å². The molecule has 1 aromatic rings. The third-order valence-corrected chi connectivity index (χ3v) is 3.20. The number of pyridine rings is 1. The molecule has 2 heterocycles. The van der Waals surface area contributed by atoms with E-state index in [-0.39, 0.29) is 11.8 Å². The molecule has 6 heteroatoms. The highest BCUT2D eigenvalue weighted by Crippen LogP contribution is 2.21. The number of piperidine rings is 1. The fourth-order valence-corrected chi connectivity index (χ4v) is 2.26. The van der Waals surface area contributed by atoms with E-state index in [4.69, 9.17) is 0 Å². The van der Waals surface area contributed by atoms with Gasteiger partial charge in [0.25, 0.3) is 6.43 Å². The fraction of sp³-hybridized carbons (Fsp3) is 0.538. The van der Waals surface area contributed by atoms with Crippen LogP contribution in [0.2, 0.25) is 0 Å². The maximum Gasteiger partial charge on any atom is 0.255 e. The maximum atomic E-state index is 12.1. The molecule has 1 fully saturated rings. The number of anilines is 1. The molecule has 1 N–H and O–H groups in total. The largest absolute Gasteiger partial charge is 0.356 e. The third-order valence-electron chi connectivity index (χ3n) is 3.20. The predicted molar refractivity (Wildman–Crippen MR) is 68.2 cm³/mol. The van der Waals surface area contributed by atoms with Crippen molar-refractivity contribution in [1.82, 2.24) is 10.3 Å². The molecule has 0 spiro atoms. The summed E-state index contributed by atoms with van der Waals surface area (Å²) in [5, 5.41) is 2.29. The second-order valence-corrected chi connectivity index (χ2v) is 4.61. The normalized spacial score (nSPS) is 19.5. The Morgan fingerprint density at radius 3 is 3.05 bits per heavy atom. The fourth-order valence-electron chi connectivity index (χ4n) is 2.26. The van der Waals surface area contributed by atoms with Crippen LogP contribution in [0.3, 0.4) is 0 Å². The molecule has 1 atom stereocenters. The van der Waals surface area contributed by atoms with Crippen molar-refractivity contribution in [1.29, 1.82) is 0 Å². The topological polar surface area (TPSA) is 45.2 Å². The standard InChI is InChI=1S/C13H17F2N3O/c14-11(15)8-17-13(19)10-4-3-7-18(9-10)12-5-1-2-6-16-12/h1-2,5-6,10-11H,3-4,7-9H2,(H,17,19). The van der Waals surface area contributed by atoms with Crippen molar-refractivity contribution in [2.45, 2.75) is 19.3 Å². The molecule has 1 aromatic heterocycles. The monoisotopic (exact) mass is 269 g/mol. The molecule has 4 nitrogen and oxygen atoms in total. The number of carbonyl (C=O) groups excluding carboxylic acids is 1. The second-order valence-electron chi connectivity index (χ2n) is 4.61. The van der Waals surface area contributed by atoms with Crippen LogP contribution in [-0.4, -0.2) is 37.0 Å². The molecular formula is C13H17F2N3O. The van der Waals surface area contributed by atoms with E-state index in [0.717, 1.165) is 25.2 Å². The summed E-state index contributed by atoms with van der Waals surface area (Å²) >= 11 is 0. The number of aromatic nitrogens is 1. The summed E-state index contributed by atoms with van der Waals surface area (Å²) in [4.78, 5) is 18.1. The van der Waals surface area contributed by atoms with Gasteiger partial charge in [-0.05, 0) is 25.0 Å². The zero-order chi connectivity index (χ0) is 13.7. The van der Waals surface area contributed by atoms with Crippen LogP contribution in [-0.2, 0) is 4.79 Å². The number of carbonyl (C=O) groups is 1. The molecule has 1 unspecified atom stereocenters. The number of nitrogens with one attached hydrogen (secondary N) is 1. The van der Waals surface area contributed by atoms with Crippen LogP contribution < -0.4 is 10.2 Å². The minimum atomic E-state index is -2.50. The molecule has 104 valence electrons. The Morgan fingerprint density at radius 1 is 1.53 bits per heavy atom. The van der Waals surface area contributed by atoms with E-state index >= 15 is 0 Å².